The molecular weight excluding hydrogens is 198 g/mol. The van der Waals surface area contributed by atoms with Crippen molar-refractivity contribution in [1.82, 2.24) is 0 Å². The Kier molecular flexibility index (Phi) is 4.40. The fourth-order valence-corrected chi connectivity index (χ4v) is 1.42. The standard InChI is InChI=1S/C12H14F2O/c1-2-3-4-8-11(15)12-9(13)6-5-7-10(12)14/h5-7H,2-4,8H2,1H3. The molecule has 0 heterocycles. The normalized spacial score (nSPS) is 10.3. The molecule has 0 aliphatic heterocycles. The van der Waals surface area contributed by atoms with E-state index in [1.54, 1.807) is 0 Å². The summed E-state index contributed by atoms with van der Waals surface area (Å²) in [4.78, 5) is 11.5. The highest BCUT2D eigenvalue weighted by molar-refractivity contribution is 5.96. The zero-order chi connectivity index (χ0) is 11.3. The van der Waals surface area contributed by atoms with Crippen LogP contribution in [0.1, 0.15) is 43.0 Å². The molecule has 82 valence electrons. The van der Waals surface area contributed by atoms with Crippen LogP contribution in [0.15, 0.2) is 18.2 Å². The summed E-state index contributed by atoms with van der Waals surface area (Å²) in [5.74, 6) is -1.98. The van der Waals surface area contributed by atoms with E-state index in [-0.39, 0.29) is 6.42 Å². The van der Waals surface area contributed by atoms with Crippen LogP contribution in [0.4, 0.5) is 8.78 Å². The van der Waals surface area contributed by atoms with Gasteiger partial charge in [-0.05, 0) is 18.6 Å². The third-order valence-corrected chi connectivity index (χ3v) is 2.25. The molecule has 0 fully saturated rings. The van der Waals surface area contributed by atoms with Crippen molar-refractivity contribution in [3.8, 4) is 0 Å². The van der Waals surface area contributed by atoms with Crippen LogP contribution in [-0.2, 0) is 0 Å². The van der Waals surface area contributed by atoms with Gasteiger partial charge in [0.05, 0.1) is 5.56 Å². The van der Waals surface area contributed by atoms with Gasteiger partial charge in [0.15, 0.2) is 5.78 Å². The lowest BCUT2D eigenvalue weighted by molar-refractivity contribution is 0.0971. The van der Waals surface area contributed by atoms with E-state index < -0.39 is 23.0 Å². The van der Waals surface area contributed by atoms with Crippen LogP contribution >= 0.6 is 0 Å². The van der Waals surface area contributed by atoms with E-state index in [0.29, 0.717) is 6.42 Å². The van der Waals surface area contributed by atoms with Crippen LogP contribution in [0, 0.1) is 11.6 Å². The summed E-state index contributed by atoms with van der Waals surface area (Å²) in [6, 6.07) is 3.47. The van der Waals surface area contributed by atoms with Crippen LogP contribution < -0.4 is 0 Å². The number of ketones is 1. The van der Waals surface area contributed by atoms with Gasteiger partial charge in [0.25, 0.3) is 0 Å². The molecule has 0 aromatic heterocycles. The Morgan fingerprint density at radius 1 is 1.20 bits per heavy atom. The summed E-state index contributed by atoms with van der Waals surface area (Å²) in [5, 5.41) is 0. The number of hydrogen-bond acceptors (Lipinski definition) is 1. The number of rotatable bonds is 5. The predicted molar refractivity (Wildman–Crippen MR) is 54.8 cm³/mol. The number of halogens is 2. The van der Waals surface area contributed by atoms with E-state index in [2.05, 4.69) is 0 Å². The van der Waals surface area contributed by atoms with Crippen molar-refractivity contribution in [3.63, 3.8) is 0 Å². The van der Waals surface area contributed by atoms with Crippen LogP contribution in [0.5, 0.6) is 0 Å². The minimum atomic E-state index is -0.767. The molecule has 1 rings (SSSR count). The summed E-state index contributed by atoms with van der Waals surface area (Å²) < 4.78 is 26.3. The van der Waals surface area contributed by atoms with Gasteiger partial charge in [0.1, 0.15) is 11.6 Å². The lowest BCUT2D eigenvalue weighted by atomic mass is 10.0. The van der Waals surface area contributed by atoms with Gasteiger partial charge >= 0.3 is 0 Å². The molecule has 1 aromatic carbocycles. The second-order valence-corrected chi connectivity index (χ2v) is 3.48. The Bertz CT molecular complexity index is 327. The quantitative estimate of drug-likeness (QED) is 0.537. The minimum Gasteiger partial charge on any atom is -0.294 e. The van der Waals surface area contributed by atoms with Gasteiger partial charge in [-0.15, -0.1) is 0 Å². The first-order chi connectivity index (χ1) is 7.16. The maximum atomic E-state index is 13.1. The molecule has 0 N–H and O–H groups in total. The first kappa shape index (κ1) is 11.8. The molecular formula is C12H14F2O. The minimum absolute atomic E-state index is 0.214. The molecule has 15 heavy (non-hydrogen) atoms. The molecule has 3 heteroatoms. The third-order valence-electron chi connectivity index (χ3n) is 2.25. The van der Waals surface area contributed by atoms with Crippen molar-refractivity contribution >= 4 is 5.78 Å². The molecule has 0 aliphatic rings. The highest BCUT2D eigenvalue weighted by Crippen LogP contribution is 2.15. The maximum Gasteiger partial charge on any atom is 0.168 e. The van der Waals surface area contributed by atoms with Crippen LogP contribution in [0.25, 0.3) is 0 Å². The zero-order valence-corrected chi connectivity index (χ0v) is 8.72. The topological polar surface area (TPSA) is 17.1 Å². The molecule has 0 amide bonds. The van der Waals surface area contributed by atoms with Crippen molar-refractivity contribution < 1.29 is 13.6 Å². The van der Waals surface area contributed by atoms with Gasteiger partial charge in [0, 0.05) is 6.42 Å². The number of carbonyl (C=O) groups is 1. The molecule has 1 aromatic rings. The van der Waals surface area contributed by atoms with E-state index in [0.717, 1.165) is 25.0 Å². The van der Waals surface area contributed by atoms with Crippen LogP contribution in [0.2, 0.25) is 0 Å². The first-order valence-corrected chi connectivity index (χ1v) is 5.14. The number of Topliss-reactive ketones (excluding diaryl/α,β-unsaturated/α-hetero) is 1. The molecule has 0 unspecified atom stereocenters. The lowest BCUT2D eigenvalue weighted by Crippen LogP contribution is -2.05. The van der Waals surface area contributed by atoms with Crippen molar-refractivity contribution in [3.05, 3.63) is 35.4 Å². The summed E-state index contributed by atoms with van der Waals surface area (Å²) in [7, 11) is 0. The summed E-state index contributed by atoms with van der Waals surface area (Å²) in [6.07, 6.45) is 2.78. The Morgan fingerprint density at radius 3 is 2.33 bits per heavy atom. The highest BCUT2D eigenvalue weighted by Gasteiger charge is 2.15. The SMILES string of the molecule is CCCCCC(=O)c1c(F)cccc1F. The van der Waals surface area contributed by atoms with Gasteiger partial charge in [-0.3, -0.25) is 4.79 Å². The van der Waals surface area contributed by atoms with E-state index in [9.17, 15) is 13.6 Å². The van der Waals surface area contributed by atoms with E-state index >= 15 is 0 Å². The van der Waals surface area contributed by atoms with Gasteiger partial charge < -0.3 is 0 Å². The van der Waals surface area contributed by atoms with Gasteiger partial charge in [-0.1, -0.05) is 25.8 Å². The molecule has 0 saturated carbocycles. The smallest absolute Gasteiger partial charge is 0.168 e. The number of hydrogen-bond donors (Lipinski definition) is 0. The first-order valence-electron chi connectivity index (χ1n) is 5.14. The molecule has 1 nitrogen and oxygen atoms in total. The van der Waals surface area contributed by atoms with Crippen molar-refractivity contribution in [2.24, 2.45) is 0 Å². The van der Waals surface area contributed by atoms with Gasteiger partial charge in [-0.2, -0.15) is 0 Å². The maximum absolute atomic E-state index is 13.1. The Labute approximate surface area is 88.1 Å². The molecule has 0 bridgehead atoms. The number of benzene rings is 1. The van der Waals surface area contributed by atoms with E-state index in [4.69, 9.17) is 0 Å². The summed E-state index contributed by atoms with van der Waals surface area (Å²) in [6.45, 7) is 2.01. The van der Waals surface area contributed by atoms with E-state index in [1.165, 1.54) is 6.07 Å². The van der Waals surface area contributed by atoms with Gasteiger partial charge in [0.2, 0.25) is 0 Å². The van der Waals surface area contributed by atoms with Crippen LogP contribution in [0.3, 0.4) is 0 Å². The summed E-state index contributed by atoms with van der Waals surface area (Å²) in [5.41, 5.74) is -0.395. The predicted octanol–water partition coefficient (Wildman–Crippen LogP) is 3.73. The second-order valence-electron chi connectivity index (χ2n) is 3.48. The third kappa shape index (κ3) is 3.11. The van der Waals surface area contributed by atoms with Crippen molar-refractivity contribution in [2.75, 3.05) is 0 Å². The Morgan fingerprint density at radius 2 is 1.80 bits per heavy atom. The Balaban J connectivity index is 2.73. The molecule has 0 atom stereocenters. The molecule has 0 saturated heterocycles. The second kappa shape index (κ2) is 5.59. The molecule has 0 aliphatic carbocycles. The average Bonchev–Trinajstić information content (AvgIpc) is 2.18. The summed E-state index contributed by atoms with van der Waals surface area (Å²) >= 11 is 0. The lowest BCUT2D eigenvalue weighted by Gasteiger charge is -2.03. The largest absolute Gasteiger partial charge is 0.294 e. The monoisotopic (exact) mass is 212 g/mol. The fraction of sp³-hybridized carbons (Fsp3) is 0.417. The van der Waals surface area contributed by atoms with Crippen LogP contribution in [-0.4, -0.2) is 5.78 Å². The van der Waals surface area contributed by atoms with Crippen molar-refractivity contribution in [2.45, 2.75) is 32.6 Å². The number of unbranched alkanes of at least 4 members (excludes halogenated alkanes) is 2. The fourth-order valence-electron chi connectivity index (χ4n) is 1.42. The van der Waals surface area contributed by atoms with Gasteiger partial charge in [-0.25, -0.2) is 8.78 Å². The number of carbonyl (C=O) groups excluding carboxylic acids is 1. The molecule has 0 radical (unpaired) electrons. The average molecular weight is 212 g/mol. The highest BCUT2D eigenvalue weighted by atomic mass is 19.1. The van der Waals surface area contributed by atoms with Crippen molar-refractivity contribution in [1.29, 1.82) is 0 Å². The van der Waals surface area contributed by atoms with E-state index in [1.807, 2.05) is 6.92 Å². The Hall–Kier alpha value is -1.25. The zero-order valence-electron chi connectivity index (χ0n) is 8.72. The molecule has 0 spiro atoms.